The maximum absolute atomic E-state index is 11.3. The van der Waals surface area contributed by atoms with Crippen molar-refractivity contribution in [2.24, 2.45) is 5.14 Å². The van der Waals surface area contributed by atoms with Gasteiger partial charge in [-0.3, -0.25) is 10.1 Å². The number of anilines is 1. The van der Waals surface area contributed by atoms with Crippen LogP contribution in [0.1, 0.15) is 11.1 Å². The Kier molecular flexibility index (Phi) is 3.59. The van der Waals surface area contributed by atoms with Gasteiger partial charge in [0.05, 0.1) is 11.1 Å². The molecular formula is C12H12N4O4S2. The van der Waals surface area contributed by atoms with Crippen molar-refractivity contribution >= 4 is 32.2 Å². The predicted molar refractivity (Wildman–Crippen MR) is 81.3 cm³/mol. The summed E-state index contributed by atoms with van der Waals surface area (Å²) in [6, 6.07) is 4.81. The Bertz CT molecular complexity index is 847. The van der Waals surface area contributed by atoms with Gasteiger partial charge >= 0.3 is 0 Å². The zero-order valence-electron chi connectivity index (χ0n) is 11.3. The van der Waals surface area contributed by atoms with Gasteiger partial charge < -0.3 is 4.90 Å². The third-order valence-corrected chi connectivity index (χ3v) is 5.90. The molecule has 0 saturated heterocycles. The van der Waals surface area contributed by atoms with Crippen LogP contribution in [0.25, 0.3) is 0 Å². The topological polar surface area (TPSA) is 119 Å². The first-order valence-electron chi connectivity index (χ1n) is 6.34. The van der Waals surface area contributed by atoms with Gasteiger partial charge in [0.15, 0.2) is 9.34 Å². The van der Waals surface area contributed by atoms with Crippen molar-refractivity contribution in [2.45, 2.75) is 17.2 Å². The molecule has 2 N–H and O–H groups in total. The lowest BCUT2D eigenvalue weighted by Gasteiger charge is -2.28. The van der Waals surface area contributed by atoms with Crippen LogP contribution in [0.5, 0.6) is 0 Å². The highest BCUT2D eigenvalue weighted by Gasteiger charge is 2.22. The van der Waals surface area contributed by atoms with E-state index in [-0.39, 0.29) is 9.90 Å². The number of nitro benzene ring substituents is 1. The van der Waals surface area contributed by atoms with Gasteiger partial charge in [0.1, 0.15) is 0 Å². The molecule has 10 heteroatoms. The summed E-state index contributed by atoms with van der Waals surface area (Å²) in [7, 11) is -3.76. The highest BCUT2D eigenvalue weighted by atomic mass is 32.2. The van der Waals surface area contributed by atoms with Gasteiger partial charge in [-0.05, 0) is 17.5 Å². The first kappa shape index (κ1) is 14.9. The minimum Gasteiger partial charge on any atom is -0.343 e. The molecule has 0 fully saturated rings. The zero-order valence-corrected chi connectivity index (χ0v) is 12.9. The maximum Gasteiger partial charge on any atom is 0.269 e. The van der Waals surface area contributed by atoms with Crippen molar-refractivity contribution in [3.63, 3.8) is 0 Å². The van der Waals surface area contributed by atoms with Crippen molar-refractivity contribution in [3.8, 4) is 0 Å². The summed E-state index contributed by atoms with van der Waals surface area (Å²) in [4.78, 5) is 16.4. The number of nitrogens with two attached hydrogens (primary N) is 1. The van der Waals surface area contributed by atoms with Crippen LogP contribution in [0.2, 0.25) is 0 Å². The normalized spacial score (nSPS) is 14.7. The minimum absolute atomic E-state index is 0.00680. The summed E-state index contributed by atoms with van der Waals surface area (Å²) in [6.45, 7) is 1.12. The van der Waals surface area contributed by atoms with Gasteiger partial charge in [0, 0.05) is 25.2 Å². The lowest BCUT2D eigenvalue weighted by atomic mass is 9.99. The second-order valence-electron chi connectivity index (χ2n) is 4.89. The molecule has 1 aromatic carbocycles. The molecule has 22 heavy (non-hydrogen) atoms. The van der Waals surface area contributed by atoms with Crippen molar-refractivity contribution in [2.75, 3.05) is 11.4 Å². The Morgan fingerprint density at radius 1 is 1.36 bits per heavy atom. The highest BCUT2D eigenvalue weighted by Crippen LogP contribution is 2.31. The van der Waals surface area contributed by atoms with Crippen molar-refractivity contribution in [1.29, 1.82) is 0 Å². The number of hydrogen-bond acceptors (Lipinski definition) is 7. The summed E-state index contributed by atoms with van der Waals surface area (Å²) >= 11 is 0.999. The van der Waals surface area contributed by atoms with Crippen molar-refractivity contribution in [3.05, 3.63) is 45.6 Å². The smallest absolute Gasteiger partial charge is 0.269 e. The number of primary sulfonamides is 1. The Balaban J connectivity index is 1.89. The number of nitro groups is 1. The Hall–Kier alpha value is -2.04. The predicted octanol–water partition coefficient (Wildman–Crippen LogP) is 1.26. The van der Waals surface area contributed by atoms with Gasteiger partial charge in [0.25, 0.3) is 5.69 Å². The fourth-order valence-electron chi connectivity index (χ4n) is 2.35. The second kappa shape index (κ2) is 5.30. The van der Waals surface area contributed by atoms with Crippen molar-refractivity contribution < 1.29 is 13.3 Å². The molecule has 2 aromatic rings. The van der Waals surface area contributed by atoms with Crippen molar-refractivity contribution in [1.82, 2.24) is 4.98 Å². The van der Waals surface area contributed by atoms with E-state index in [4.69, 9.17) is 5.14 Å². The highest BCUT2D eigenvalue weighted by molar-refractivity contribution is 7.91. The summed E-state index contributed by atoms with van der Waals surface area (Å²) in [5, 5.41) is 16.5. The maximum atomic E-state index is 11.3. The summed E-state index contributed by atoms with van der Waals surface area (Å²) in [6.07, 6.45) is 1.95. The van der Waals surface area contributed by atoms with E-state index in [0.717, 1.165) is 28.9 Å². The molecule has 2 heterocycles. The summed E-state index contributed by atoms with van der Waals surface area (Å²) in [5.74, 6) is 0. The number of non-ortho nitro benzene ring substituents is 1. The molecule has 8 nitrogen and oxygen atoms in total. The summed E-state index contributed by atoms with van der Waals surface area (Å²) in [5.41, 5.74) is 1.96. The largest absolute Gasteiger partial charge is 0.343 e. The lowest BCUT2D eigenvalue weighted by molar-refractivity contribution is -0.384. The number of benzene rings is 1. The van der Waals surface area contributed by atoms with Gasteiger partial charge in [-0.25, -0.2) is 18.5 Å². The molecule has 0 atom stereocenters. The Labute approximate surface area is 130 Å². The second-order valence-corrected chi connectivity index (χ2v) is 7.69. The Morgan fingerprint density at radius 2 is 2.14 bits per heavy atom. The molecule has 0 amide bonds. The molecule has 1 aliphatic heterocycles. The molecule has 3 rings (SSSR count). The van der Waals surface area contributed by atoms with E-state index in [1.165, 1.54) is 12.3 Å². The molecule has 0 spiro atoms. The van der Waals surface area contributed by atoms with Crippen LogP contribution in [0.15, 0.2) is 28.6 Å². The van der Waals surface area contributed by atoms with Gasteiger partial charge in [-0.1, -0.05) is 17.4 Å². The van der Waals surface area contributed by atoms with Gasteiger partial charge in [-0.2, -0.15) is 0 Å². The average Bonchev–Trinajstić information content (AvgIpc) is 2.96. The standard InChI is InChI=1S/C12H12N4O4S2/c13-22(19,20)11-6-14-12(21-11)15-4-3-8-1-2-10(16(17)18)5-9(8)7-15/h1-2,5-6H,3-4,7H2,(H2,13,19,20). The number of rotatable bonds is 3. The summed E-state index contributed by atoms with van der Waals surface area (Å²) < 4.78 is 22.6. The molecule has 1 aromatic heterocycles. The van der Waals surface area contributed by atoms with E-state index in [9.17, 15) is 18.5 Å². The number of thiazole rings is 1. The van der Waals surface area contributed by atoms with Crippen LogP contribution in [0.4, 0.5) is 10.8 Å². The monoisotopic (exact) mass is 340 g/mol. The molecule has 0 radical (unpaired) electrons. The van der Waals surface area contributed by atoms with E-state index in [0.29, 0.717) is 18.2 Å². The average molecular weight is 340 g/mol. The van der Waals surface area contributed by atoms with E-state index in [2.05, 4.69) is 4.98 Å². The van der Waals surface area contributed by atoms with Gasteiger partial charge in [-0.15, -0.1) is 0 Å². The Morgan fingerprint density at radius 3 is 2.77 bits per heavy atom. The van der Waals surface area contributed by atoms with Crippen LogP contribution < -0.4 is 10.0 Å². The first-order valence-corrected chi connectivity index (χ1v) is 8.70. The molecule has 1 aliphatic rings. The quantitative estimate of drug-likeness (QED) is 0.663. The van der Waals surface area contributed by atoms with Crippen LogP contribution in [-0.2, 0) is 23.0 Å². The van der Waals surface area contributed by atoms with Crippen LogP contribution in [0, 0.1) is 10.1 Å². The fraction of sp³-hybridized carbons (Fsp3) is 0.250. The third-order valence-electron chi connectivity index (χ3n) is 3.44. The molecule has 116 valence electrons. The van der Waals surface area contributed by atoms with E-state index in [1.54, 1.807) is 12.1 Å². The third kappa shape index (κ3) is 2.80. The molecular weight excluding hydrogens is 328 g/mol. The van der Waals surface area contributed by atoms with Crippen LogP contribution in [-0.4, -0.2) is 24.9 Å². The number of nitrogens with zero attached hydrogens (tertiary/aromatic N) is 3. The minimum atomic E-state index is -3.76. The van der Waals surface area contributed by atoms with Crippen LogP contribution >= 0.6 is 11.3 Å². The number of sulfonamides is 1. The fourth-order valence-corrected chi connectivity index (χ4v) is 3.91. The molecule has 0 aliphatic carbocycles. The lowest BCUT2D eigenvalue weighted by Crippen LogP contribution is -2.30. The number of hydrogen-bond donors (Lipinski definition) is 1. The SMILES string of the molecule is NS(=O)(=O)c1cnc(N2CCc3ccc([N+](=O)[O-])cc3C2)s1. The van der Waals surface area contributed by atoms with E-state index < -0.39 is 14.9 Å². The molecule has 0 saturated carbocycles. The first-order chi connectivity index (χ1) is 10.3. The number of aromatic nitrogens is 1. The van der Waals surface area contributed by atoms with Gasteiger partial charge in [0.2, 0.25) is 10.0 Å². The van der Waals surface area contributed by atoms with E-state index in [1.807, 2.05) is 4.90 Å². The van der Waals surface area contributed by atoms with Crippen LogP contribution in [0.3, 0.4) is 0 Å². The molecule has 0 unspecified atom stereocenters. The molecule has 0 bridgehead atoms. The van der Waals surface area contributed by atoms with E-state index >= 15 is 0 Å². The zero-order chi connectivity index (χ0) is 15.9. The number of fused-ring (bicyclic) bond motifs is 1.